The Morgan fingerprint density at radius 3 is 2.86 bits per heavy atom. The minimum Gasteiger partial charge on any atom is -0.323 e. The molecular formula is C15H17N5O. The lowest BCUT2D eigenvalue weighted by Gasteiger charge is -2.09. The van der Waals surface area contributed by atoms with Crippen molar-refractivity contribution < 1.29 is 4.79 Å². The second-order valence-electron chi connectivity index (χ2n) is 5.29. The summed E-state index contributed by atoms with van der Waals surface area (Å²) in [5, 5.41) is 4.15. The number of imidazole rings is 1. The Hall–Kier alpha value is -2.50. The Morgan fingerprint density at radius 1 is 1.24 bits per heavy atom. The average Bonchev–Trinajstić information content (AvgIpc) is 3.06. The van der Waals surface area contributed by atoms with Crippen LogP contribution in [0, 0.1) is 0 Å². The van der Waals surface area contributed by atoms with Gasteiger partial charge < -0.3 is 4.57 Å². The molecule has 0 spiro atoms. The number of ketones is 1. The molecule has 3 aromatic rings. The summed E-state index contributed by atoms with van der Waals surface area (Å²) in [7, 11) is 0. The maximum atomic E-state index is 12.3. The first-order chi connectivity index (χ1) is 10.1. The Balaban J connectivity index is 1.76. The molecule has 0 aliphatic heterocycles. The molecule has 6 nitrogen and oxygen atoms in total. The molecule has 0 radical (unpaired) electrons. The standard InChI is InChI=1S/C15H17N5O/c1-11(2)20-15(16-9-18-20)7-12(21)8-19-10-17-13-5-3-4-6-14(13)19/h3-6,9-11H,7-8H2,1-2H3. The normalized spacial score (nSPS) is 11.4. The van der Waals surface area contributed by atoms with Crippen LogP contribution in [0.2, 0.25) is 0 Å². The monoisotopic (exact) mass is 283 g/mol. The molecule has 0 bridgehead atoms. The predicted octanol–water partition coefficient (Wildman–Crippen LogP) is 2.02. The molecule has 0 saturated heterocycles. The molecule has 1 aromatic carbocycles. The van der Waals surface area contributed by atoms with Gasteiger partial charge in [0.05, 0.1) is 30.3 Å². The largest absolute Gasteiger partial charge is 0.323 e. The van der Waals surface area contributed by atoms with Crippen molar-refractivity contribution >= 4 is 16.8 Å². The number of rotatable bonds is 5. The summed E-state index contributed by atoms with van der Waals surface area (Å²) in [6.07, 6.45) is 3.48. The van der Waals surface area contributed by atoms with Crippen molar-refractivity contribution in [3.05, 3.63) is 42.7 Å². The second-order valence-corrected chi connectivity index (χ2v) is 5.29. The number of carbonyl (C=O) groups is 1. The SMILES string of the molecule is CC(C)n1ncnc1CC(=O)Cn1cnc2ccccc21. The van der Waals surface area contributed by atoms with Crippen molar-refractivity contribution in [2.24, 2.45) is 0 Å². The van der Waals surface area contributed by atoms with Crippen LogP contribution in [0.4, 0.5) is 0 Å². The third kappa shape index (κ3) is 2.69. The number of hydrogen-bond acceptors (Lipinski definition) is 4. The molecule has 0 unspecified atom stereocenters. The van der Waals surface area contributed by atoms with E-state index in [1.165, 1.54) is 6.33 Å². The number of Topliss-reactive ketones (excluding diaryl/α,β-unsaturated/α-hetero) is 1. The van der Waals surface area contributed by atoms with E-state index in [1.54, 1.807) is 11.0 Å². The van der Waals surface area contributed by atoms with Gasteiger partial charge in [-0.2, -0.15) is 5.10 Å². The summed E-state index contributed by atoms with van der Waals surface area (Å²) in [6, 6.07) is 7.98. The molecule has 108 valence electrons. The highest BCUT2D eigenvalue weighted by Gasteiger charge is 2.13. The fourth-order valence-electron chi connectivity index (χ4n) is 2.39. The van der Waals surface area contributed by atoms with Crippen molar-refractivity contribution in [3.8, 4) is 0 Å². The molecule has 3 rings (SSSR count). The van der Waals surface area contributed by atoms with Crippen molar-refractivity contribution in [2.75, 3.05) is 0 Å². The molecule has 0 atom stereocenters. The molecule has 2 heterocycles. The summed E-state index contributed by atoms with van der Waals surface area (Å²) < 4.78 is 3.65. The molecule has 0 saturated carbocycles. The van der Waals surface area contributed by atoms with Crippen LogP contribution >= 0.6 is 0 Å². The van der Waals surface area contributed by atoms with Gasteiger partial charge in [-0.1, -0.05) is 12.1 Å². The Labute approximate surface area is 122 Å². The van der Waals surface area contributed by atoms with Crippen LogP contribution in [0.25, 0.3) is 11.0 Å². The molecule has 0 aliphatic carbocycles. The van der Waals surface area contributed by atoms with E-state index < -0.39 is 0 Å². The number of aromatic nitrogens is 5. The van der Waals surface area contributed by atoms with Crippen LogP contribution in [0.1, 0.15) is 25.7 Å². The van der Waals surface area contributed by atoms with E-state index in [4.69, 9.17) is 0 Å². The summed E-state index contributed by atoms with van der Waals surface area (Å²) in [5.41, 5.74) is 1.87. The van der Waals surface area contributed by atoms with Crippen molar-refractivity contribution in [3.63, 3.8) is 0 Å². The van der Waals surface area contributed by atoms with E-state index in [0.29, 0.717) is 12.4 Å². The van der Waals surface area contributed by atoms with E-state index >= 15 is 0 Å². The first-order valence-corrected chi connectivity index (χ1v) is 6.95. The highest BCUT2D eigenvalue weighted by molar-refractivity contribution is 5.82. The quantitative estimate of drug-likeness (QED) is 0.718. The first-order valence-electron chi connectivity index (χ1n) is 6.95. The molecular weight excluding hydrogens is 266 g/mol. The van der Waals surface area contributed by atoms with Gasteiger partial charge >= 0.3 is 0 Å². The summed E-state index contributed by atoms with van der Waals surface area (Å²) in [4.78, 5) is 20.7. The molecule has 0 fully saturated rings. The third-order valence-electron chi connectivity index (χ3n) is 3.37. The predicted molar refractivity (Wildman–Crippen MR) is 78.9 cm³/mol. The lowest BCUT2D eigenvalue weighted by atomic mass is 10.2. The van der Waals surface area contributed by atoms with Crippen molar-refractivity contribution in [1.29, 1.82) is 0 Å². The molecule has 0 aliphatic rings. The maximum absolute atomic E-state index is 12.3. The molecule has 0 N–H and O–H groups in total. The summed E-state index contributed by atoms with van der Waals surface area (Å²) in [6.45, 7) is 4.34. The number of hydrogen-bond donors (Lipinski definition) is 0. The Bertz CT molecular complexity index is 771. The molecule has 21 heavy (non-hydrogen) atoms. The number of benzene rings is 1. The number of carbonyl (C=O) groups excluding carboxylic acids is 1. The van der Waals surface area contributed by atoms with Gasteiger partial charge in [-0.15, -0.1) is 0 Å². The van der Waals surface area contributed by atoms with Crippen LogP contribution in [0.5, 0.6) is 0 Å². The van der Waals surface area contributed by atoms with E-state index in [0.717, 1.165) is 11.0 Å². The van der Waals surface area contributed by atoms with Crippen LogP contribution in [-0.4, -0.2) is 30.1 Å². The Kier molecular flexibility index (Phi) is 3.51. The lowest BCUT2D eigenvalue weighted by molar-refractivity contribution is -0.119. The number of para-hydroxylation sites is 2. The fourth-order valence-corrected chi connectivity index (χ4v) is 2.39. The number of fused-ring (bicyclic) bond motifs is 1. The number of nitrogens with zero attached hydrogens (tertiary/aromatic N) is 5. The lowest BCUT2D eigenvalue weighted by Crippen LogP contribution is -2.16. The van der Waals surface area contributed by atoms with Gasteiger partial charge in [0.1, 0.15) is 12.2 Å². The average molecular weight is 283 g/mol. The van der Waals surface area contributed by atoms with Gasteiger partial charge in [-0.05, 0) is 26.0 Å². The third-order valence-corrected chi connectivity index (χ3v) is 3.37. The van der Waals surface area contributed by atoms with Gasteiger partial charge in [-0.25, -0.2) is 14.6 Å². The second kappa shape index (κ2) is 5.47. The first kappa shape index (κ1) is 13.5. The van der Waals surface area contributed by atoms with Crippen LogP contribution in [-0.2, 0) is 17.8 Å². The van der Waals surface area contributed by atoms with Crippen LogP contribution in [0.15, 0.2) is 36.9 Å². The van der Waals surface area contributed by atoms with E-state index in [9.17, 15) is 4.79 Å². The van der Waals surface area contributed by atoms with Crippen LogP contribution < -0.4 is 0 Å². The van der Waals surface area contributed by atoms with Crippen molar-refractivity contribution in [1.82, 2.24) is 24.3 Å². The minimum atomic E-state index is 0.0908. The van der Waals surface area contributed by atoms with Gasteiger partial charge in [0.15, 0.2) is 5.78 Å². The fraction of sp³-hybridized carbons (Fsp3) is 0.333. The zero-order chi connectivity index (χ0) is 14.8. The van der Waals surface area contributed by atoms with Gasteiger partial charge in [0, 0.05) is 6.04 Å². The maximum Gasteiger partial charge on any atom is 0.160 e. The summed E-state index contributed by atoms with van der Waals surface area (Å²) >= 11 is 0. The molecule has 2 aromatic heterocycles. The van der Waals surface area contributed by atoms with Gasteiger partial charge in [0.25, 0.3) is 0 Å². The van der Waals surface area contributed by atoms with E-state index in [-0.39, 0.29) is 18.2 Å². The smallest absolute Gasteiger partial charge is 0.160 e. The van der Waals surface area contributed by atoms with Gasteiger partial charge in [0.2, 0.25) is 0 Å². The Morgan fingerprint density at radius 2 is 2.05 bits per heavy atom. The zero-order valence-corrected chi connectivity index (χ0v) is 12.1. The highest BCUT2D eigenvalue weighted by Crippen LogP contribution is 2.12. The van der Waals surface area contributed by atoms with Gasteiger partial charge in [-0.3, -0.25) is 4.79 Å². The zero-order valence-electron chi connectivity index (χ0n) is 12.1. The van der Waals surface area contributed by atoms with E-state index in [1.807, 2.05) is 42.7 Å². The topological polar surface area (TPSA) is 65.6 Å². The molecule has 6 heteroatoms. The van der Waals surface area contributed by atoms with E-state index in [2.05, 4.69) is 15.1 Å². The summed E-state index contributed by atoms with van der Waals surface area (Å²) in [5.74, 6) is 0.799. The van der Waals surface area contributed by atoms with Crippen LogP contribution in [0.3, 0.4) is 0 Å². The minimum absolute atomic E-state index is 0.0908. The highest BCUT2D eigenvalue weighted by atomic mass is 16.1. The molecule has 0 amide bonds. The van der Waals surface area contributed by atoms with Crippen molar-refractivity contribution in [2.45, 2.75) is 32.9 Å².